The maximum atomic E-state index is 2.34. The Balaban J connectivity index is 3.32. The van der Waals surface area contributed by atoms with E-state index in [-0.39, 0.29) is 0 Å². The van der Waals surface area contributed by atoms with Gasteiger partial charge in [-0.3, -0.25) is 0 Å². The van der Waals surface area contributed by atoms with Crippen molar-refractivity contribution in [1.29, 1.82) is 0 Å². The van der Waals surface area contributed by atoms with Gasteiger partial charge in [0.2, 0.25) is 0 Å². The molecule has 0 aliphatic rings. The molecule has 0 aromatic heterocycles. The SMILES string of the molecule is CCC(C)C(C)CSC. The molecule has 0 radical (unpaired) electrons. The monoisotopic (exact) mass is 146 g/mol. The van der Waals surface area contributed by atoms with Gasteiger partial charge in [0, 0.05) is 0 Å². The number of thioether (sulfide) groups is 1. The van der Waals surface area contributed by atoms with E-state index in [9.17, 15) is 0 Å². The van der Waals surface area contributed by atoms with Gasteiger partial charge in [-0.2, -0.15) is 11.8 Å². The normalized spacial score (nSPS) is 17.3. The molecule has 0 saturated carbocycles. The molecule has 9 heavy (non-hydrogen) atoms. The van der Waals surface area contributed by atoms with Gasteiger partial charge >= 0.3 is 0 Å². The van der Waals surface area contributed by atoms with Gasteiger partial charge in [0.05, 0.1) is 0 Å². The molecule has 0 N–H and O–H groups in total. The average molecular weight is 146 g/mol. The Morgan fingerprint density at radius 2 is 1.78 bits per heavy atom. The topological polar surface area (TPSA) is 0 Å². The molecule has 2 atom stereocenters. The second-order valence-electron chi connectivity index (χ2n) is 2.82. The van der Waals surface area contributed by atoms with Crippen molar-refractivity contribution in [2.75, 3.05) is 12.0 Å². The van der Waals surface area contributed by atoms with Crippen molar-refractivity contribution < 1.29 is 0 Å². The maximum Gasteiger partial charge on any atom is -0.00420 e. The molecule has 1 heteroatoms. The number of hydrogen-bond acceptors (Lipinski definition) is 1. The third-order valence-electron chi connectivity index (χ3n) is 2.04. The minimum Gasteiger partial charge on any atom is -0.165 e. The van der Waals surface area contributed by atoms with E-state index in [1.54, 1.807) is 0 Å². The van der Waals surface area contributed by atoms with Crippen molar-refractivity contribution in [3.63, 3.8) is 0 Å². The molecule has 0 aromatic rings. The second kappa shape index (κ2) is 5.16. The van der Waals surface area contributed by atoms with Gasteiger partial charge in [-0.25, -0.2) is 0 Å². The zero-order valence-electron chi connectivity index (χ0n) is 6.98. The van der Waals surface area contributed by atoms with E-state index in [2.05, 4.69) is 27.0 Å². The van der Waals surface area contributed by atoms with Gasteiger partial charge in [-0.05, 0) is 23.8 Å². The van der Waals surface area contributed by atoms with Crippen LogP contribution in [0, 0.1) is 11.8 Å². The van der Waals surface area contributed by atoms with Crippen LogP contribution in [0.3, 0.4) is 0 Å². The predicted molar refractivity (Wildman–Crippen MR) is 47.0 cm³/mol. The summed E-state index contributed by atoms with van der Waals surface area (Å²) in [6, 6.07) is 0. The largest absolute Gasteiger partial charge is 0.165 e. The zero-order chi connectivity index (χ0) is 7.28. The van der Waals surface area contributed by atoms with Gasteiger partial charge in [-0.15, -0.1) is 0 Å². The van der Waals surface area contributed by atoms with Gasteiger partial charge < -0.3 is 0 Å². The molecule has 56 valence electrons. The molecule has 0 spiro atoms. The van der Waals surface area contributed by atoms with E-state index >= 15 is 0 Å². The lowest BCUT2D eigenvalue weighted by molar-refractivity contribution is 0.414. The Morgan fingerprint density at radius 3 is 2.11 bits per heavy atom. The molecule has 0 fully saturated rings. The Kier molecular flexibility index (Phi) is 5.36. The molecular weight excluding hydrogens is 128 g/mol. The molecule has 0 aliphatic heterocycles. The van der Waals surface area contributed by atoms with Crippen LogP contribution in [0.1, 0.15) is 27.2 Å². The first kappa shape index (κ1) is 9.35. The molecule has 0 amide bonds. The molecule has 0 saturated heterocycles. The average Bonchev–Trinajstić information content (AvgIpc) is 1.87. The van der Waals surface area contributed by atoms with E-state index < -0.39 is 0 Å². The summed E-state index contributed by atoms with van der Waals surface area (Å²) in [7, 11) is 0. The van der Waals surface area contributed by atoms with Crippen LogP contribution in [0.2, 0.25) is 0 Å². The summed E-state index contributed by atoms with van der Waals surface area (Å²) >= 11 is 1.95. The lowest BCUT2D eigenvalue weighted by atomic mass is 9.96. The fourth-order valence-electron chi connectivity index (χ4n) is 0.830. The Morgan fingerprint density at radius 1 is 1.22 bits per heavy atom. The summed E-state index contributed by atoms with van der Waals surface area (Å²) in [5.74, 6) is 3.11. The Bertz CT molecular complexity index is 61.6. The highest BCUT2D eigenvalue weighted by Gasteiger charge is 2.07. The lowest BCUT2D eigenvalue weighted by Crippen LogP contribution is -2.08. The summed E-state index contributed by atoms with van der Waals surface area (Å²) < 4.78 is 0. The summed E-state index contributed by atoms with van der Waals surface area (Å²) in [5.41, 5.74) is 0. The van der Waals surface area contributed by atoms with E-state index in [0.29, 0.717) is 0 Å². The fraction of sp³-hybridized carbons (Fsp3) is 1.00. The van der Waals surface area contributed by atoms with Crippen molar-refractivity contribution in [3.05, 3.63) is 0 Å². The predicted octanol–water partition coefficient (Wildman–Crippen LogP) is 3.03. The van der Waals surface area contributed by atoms with Crippen LogP contribution in [0.5, 0.6) is 0 Å². The van der Waals surface area contributed by atoms with E-state index in [1.807, 2.05) is 11.8 Å². The standard InChI is InChI=1S/C8H18S/c1-5-7(2)8(3)6-9-4/h7-8H,5-6H2,1-4H3. The quantitative estimate of drug-likeness (QED) is 0.587. The molecule has 0 rings (SSSR count). The van der Waals surface area contributed by atoms with Crippen molar-refractivity contribution in [2.24, 2.45) is 11.8 Å². The first-order valence-electron chi connectivity index (χ1n) is 3.71. The smallest absolute Gasteiger partial charge is 0.00420 e. The second-order valence-corrected chi connectivity index (χ2v) is 3.73. The number of rotatable bonds is 4. The van der Waals surface area contributed by atoms with Gasteiger partial charge in [0.1, 0.15) is 0 Å². The van der Waals surface area contributed by atoms with Gasteiger partial charge in [0.25, 0.3) is 0 Å². The van der Waals surface area contributed by atoms with E-state index in [4.69, 9.17) is 0 Å². The van der Waals surface area contributed by atoms with Crippen LogP contribution in [0.25, 0.3) is 0 Å². The van der Waals surface area contributed by atoms with E-state index in [0.717, 1.165) is 11.8 Å². The molecule has 2 unspecified atom stereocenters. The highest BCUT2D eigenvalue weighted by molar-refractivity contribution is 7.98. The molecule has 0 aromatic carbocycles. The molecule has 0 nitrogen and oxygen atoms in total. The molecule has 0 aliphatic carbocycles. The molecule has 0 bridgehead atoms. The van der Waals surface area contributed by atoms with E-state index in [1.165, 1.54) is 12.2 Å². The minimum absolute atomic E-state index is 0.894. The summed E-state index contributed by atoms with van der Waals surface area (Å²) in [6.45, 7) is 6.94. The van der Waals surface area contributed by atoms with Crippen LogP contribution in [0.15, 0.2) is 0 Å². The minimum atomic E-state index is 0.894. The Labute approximate surface area is 63.4 Å². The summed E-state index contributed by atoms with van der Waals surface area (Å²) in [6.07, 6.45) is 3.50. The van der Waals surface area contributed by atoms with Crippen LogP contribution >= 0.6 is 11.8 Å². The third-order valence-corrected chi connectivity index (χ3v) is 2.90. The number of hydrogen-bond donors (Lipinski definition) is 0. The first-order valence-corrected chi connectivity index (χ1v) is 5.10. The van der Waals surface area contributed by atoms with Crippen molar-refractivity contribution in [1.82, 2.24) is 0 Å². The van der Waals surface area contributed by atoms with Crippen molar-refractivity contribution in [3.8, 4) is 0 Å². The van der Waals surface area contributed by atoms with Gasteiger partial charge in [0.15, 0.2) is 0 Å². The molecule has 0 heterocycles. The van der Waals surface area contributed by atoms with Crippen LogP contribution in [-0.2, 0) is 0 Å². The first-order chi connectivity index (χ1) is 4.22. The fourth-order valence-corrected chi connectivity index (χ4v) is 1.68. The van der Waals surface area contributed by atoms with Crippen LogP contribution in [0.4, 0.5) is 0 Å². The zero-order valence-corrected chi connectivity index (χ0v) is 7.79. The summed E-state index contributed by atoms with van der Waals surface area (Å²) in [5, 5.41) is 0. The van der Waals surface area contributed by atoms with Crippen LogP contribution < -0.4 is 0 Å². The van der Waals surface area contributed by atoms with Gasteiger partial charge in [-0.1, -0.05) is 27.2 Å². The van der Waals surface area contributed by atoms with Crippen molar-refractivity contribution in [2.45, 2.75) is 27.2 Å². The maximum absolute atomic E-state index is 2.34. The summed E-state index contributed by atoms with van der Waals surface area (Å²) in [4.78, 5) is 0. The van der Waals surface area contributed by atoms with Crippen LogP contribution in [-0.4, -0.2) is 12.0 Å². The Hall–Kier alpha value is 0.350. The van der Waals surface area contributed by atoms with Crippen molar-refractivity contribution >= 4 is 11.8 Å². The highest BCUT2D eigenvalue weighted by Crippen LogP contribution is 2.17. The molecular formula is C8H18S. The lowest BCUT2D eigenvalue weighted by Gasteiger charge is -2.16. The highest BCUT2D eigenvalue weighted by atomic mass is 32.2. The third kappa shape index (κ3) is 3.85.